The second-order valence-corrected chi connectivity index (χ2v) is 6.98. The lowest BCUT2D eigenvalue weighted by Gasteiger charge is -2.33. The molecule has 23 heavy (non-hydrogen) atoms. The maximum atomic E-state index is 5.59. The highest BCUT2D eigenvalue weighted by molar-refractivity contribution is 5.80. The third kappa shape index (κ3) is 2.49. The Hall–Kier alpha value is -1.69. The zero-order chi connectivity index (χ0) is 15.8. The smallest absolute Gasteiger partial charge is 0.0635 e. The Morgan fingerprint density at radius 2 is 2.09 bits per heavy atom. The van der Waals surface area contributed by atoms with Gasteiger partial charge >= 0.3 is 0 Å². The molecule has 0 aromatic heterocycles. The monoisotopic (exact) mass is 311 g/mol. The van der Waals surface area contributed by atoms with E-state index in [0.717, 1.165) is 19.0 Å². The molecule has 1 aliphatic heterocycles. The van der Waals surface area contributed by atoms with Crippen molar-refractivity contribution in [3.8, 4) is 0 Å². The van der Waals surface area contributed by atoms with Crippen LogP contribution in [-0.4, -0.2) is 19.8 Å². The maximum absolute atomic E-state index is 5.59. The first-order valence-corrected chi connectivity index (χ1v) is 8.52. The van der Waals surface area contributed by atoms with Crippen molar-refractivity contribution in [2.45, 2.75) is 19.4 Å². The van der Waals surface area contributed by atoms with Gasteiger partial charge in [-0.05, 0) is 54.3 Å². The number of hydrazone groups is 1. The highest BCUT2D eigenvalue weighted by Gasteiger charge is 2.50. The minimum atomic E-state index is 0.516. The molecule has 1 aromatic rings. The van der Waals surface area contributed by atoms with Crippen molar-refractivity contribution in [3.63, 3.8) is 0 Å². The first kappa shape index (κ1) is 14.9. The van der Waals surface area contributed by atoms with E-state index in [9.17, 15) is 0 Å². The molecule has 122 valence electrons. The van der Waals surface area contributed by atoms with Gasteiger partial charge in [-0.15, -0.1) is 0 Å². The molecule has 1 heterocycles. The topological polar surface area (TPSA) is 74.5 Å². The lowest BCUT2D eigenvalue weighted by atomic mass is 9.76. The molecule has 2 saturated carbocycles. The van der Waals surface area contributed by atoms with Gasteiger partial charge in [-0.25, -0.2) is 0 Å². The second-order valence-electron chi connectivity index (χ2n) is 6.98. The van der Waals surface area contributed by atoms with Crippen LogP contribution < -0.4 is 22.0 Å². The fourth-order valence-corrected chi connectivity index (χ4v) is 4.75. The van der Waals surface area contributed by atoms with Crippen molar-refractivity contribution in [1.82, 2.24) is 16.2 Å². The third-order valence-corrected chi connectivity index (χ3v) is 5.70. The van der Waals surface area contributed by atoms with Gasteiger partial charge in [0.1, 0.15) is 0 Å². The van der Waals surface area contributed by atoms with Gasteiger partial charge < -0.3 is 5.32 Å². The summed E-state index contributed by atoms with van der Waals surface area (Å²) >= 11 is 0. The molecular weight excluding hydrogens is 286 g/mol. The largest absolute Gasteiger partial charge is 0.316 e. The number of hydrogen-bond donors (Lipinski definition) is 4. The third-order valence-electron chi connectivity index (χ3n) is 5.70. The van der Waals surface area contributed by atoms with Crippen LogP contribution in [0.2, 0.25) is 0 Å². The van der Waals surface area contributed by atoms with E-state index in [1.165, 1.54) is 29.7 Å². The molecular formula is C18H25N5. The number of hydrogen-bond acceptors (Lipinski definition) is 5. The van der Waals surface area contributed by atoms with E-state index >= 15 is 0 Å². The van der Waals surface area contributed by atoms with E-state index in [1.54, 1.807) is 5.57 Å². The predicted molar refractivity (Wildman–Crippen MR) is 93.1 cm³/mol. The summed E-state index contributed by atoms with van der Waals surface area (Å²) in [7, 11) is 1.97. The van der Waals surface area contributed by atoms with Crippen LogP contribution in [-0.2, 0) is 6.54 Å². The minimum Gasteiger partial charge on any atom is -0.316 e. The Bertz CT molecular complexity index is 633. The van der Waals surface area contributed by atoms with E-state index in [4.69, 9.17) is 5.84 Å². The molecule has 4 unspecified atom stereocenters. The van der Waals surface area contributed by atoms with Crippen LogP contribution in [0.5, 0.6) is 0 Å². The van der Waals surface area contributed by atoms with Gasteiger partial charge in [0.05, 0.1) is 5.70 Å². The Morgan fingerprint density at radius 3 is 2.83 bits per heavy atom. The summed E-state index contributed by atoms with van der Waals surface area (Å²) in [6.45, 7) is 1.80. The molecule has 2 bridgehead atoms. The molecule has 0 spiro atoms. The molecule has 0 saturated heterocycles. The van der Waals surface area contributed by atoms with E-state index in [-0.39, 0.29) is 0 Å². The molecule has 1 aromatic carbocycles. The molecule has 5 nitrogen and oxygen atoms in total. The lowest BCUT2D eigenvalue weighted by molar-refractivity contribution is 0.356. The van der Waals surface area contributed by atoms with Gasteiger partial charge in [0.15, 0.2) is 0 Å². The summed E-state index contributed by atoms with van der Waals surface area (Å²) in [4.78, 5) is 0. The lowest BCUT2D eigenvalue weighted by Crippen LogP contribution is -2.35. The highest BCUT2D eigenvalue weighted by Crippen LogP contribution is 2.56. The summed E-state index contributed by atoms with van der Waals surface area (Å²) in [6.07, 6.45) is 4.66. The van der Waals surface area contributed by atoms with Gasteiger partial charge in [0.25, 0.3) is 0 Å². The van der Waals surface area contributed by atoms with E-state index in [0.29, 0.717) is 17.8 Å². The van der Waals surface area contributed by atoms with Crippen molar-refractivity contribution < 1.29 is 0 Å². The summed E-state index contributed by atoms with van der Waals surface area (Å²) in [6, 6.07) is 8.81. The summed E-state index contributed by atoms with van der Waals surface area (Å²) in [5.41, 5.74) is 11.5. The maximum Gasteiger partial charge on any atom is 0.0635 e. The number of nitrogens with zero attached hydrogens (tertiary/aromatic N) is 1. The van der Waals surface area contributed by atoms with Gasteiger partial charge in [0, 0.05) is 25.2 Å². The Morgan fingerprint density at radius 1 is 1.26 bits per heavy atom. The Balaban J connectivity index is 1.67. The number of hydrazine groups is 1. The molecule has 2 aliphatic carbocycles. The van der Waals surface area contributed by atoms with Crippen LogP contribution in [0, 0.1) is 23.7 Å². The van der Waals surface area contributed by atoms with Crippen LogP contribution >= 0.6 is 0 Å². The van der Waals surface area contributed by atoms with Crippen molar-refractivity contribution in [2.24, 2.45) is 34.6 Å². The fraction of sp³-hybridized carbons (Fsp3) is 0.500. The molecule has 0 amide bonds. The zero-order valence-corrected chi connectivity index (χ0v) is 13.5. The zero-order valence-electron chi connectivity index (χ0n) is 13.5. The Kier molecular flexibility index (Phi) is 3.93. The van der Waals surface area contributed by atoms with Crippen LogP contribution in [0.4, 0.5) is 0 Å². The van der Waals surface area contributed by atoms with Crippen molar-refractivity contribution in [2.75, 3.05) is 13.6 Å². The van der Waals surface area contributed by atoms with E-state index in [2.05, 4.69) is 51.7 Å². The van der Waals surface area contributed by atoms with Crippen LogP contribution in [0.3, 0.4) is 0 Å². The molecule has 3 aliphatic rings. The minimum absolute atomic E-state index is 0.516. The average Bonchev–Trinajstić information content (AvgIpc) is 3.15. The quantitative estimate of drug-likeness (QED) is 0.490. The molecule has 2 fully saturated rings. The van der Waals surface area contributed by atoms with E-state index < -0.39 is 0 Å². The number of rotatable bonds is 5. The van der Waals surface area contributed by atoms with Gasteiger partial charge in [-0.1, -0.05) is 24.3 Å². The van der Waals surface area contributed by atoms with Crippen molar-refractivity contribution in [3.05, 3.63) is 41.0 Å². The Labute approximate surface area is 137 Å². The number of nitrogens with two attached hydrogens (primary N) is 1. The van der Waals surface area contributed by atoms with Crippen LogP contribution in [0.1, 0.15) is 24.0 Å². The van der Waals surface area contributed by atoms with Gasteiger partial charge in [-0.2, -0.15) is 5.10 Å². The average molecular weight is 311 g/mol. The summed E-state index contributed by atoms with van der Waals surface area (Å²) in [5, 5.41) is 7.63. The fourth-order valence-electron chi connectivity index (χ4n) is 4.75. The van der Waals surface area contributed by atoms with Crippen molar-refractivity contribution in [1.29, 1.82) is 0 Å². The summed E-state index contributed by atoms with van der Waals surface area (Å²) in [5.74, 6) is 8.12. The first-order valence-electron chi connectivity index (χ1n) is 8.52. The molecule has 5 heteroatoms. The second kappa shape index (κ2) is 6.07. The SMILES string of the molecule is CNCc1ccc(C2=C3C(C=NN2)C2CC(CNN)C3C2)cc1. The van der Waals surface area contributed by atoms with Crippen LogP contribution in [0.25, 0.3) is 5.70 Å². The first-order chi connectivity index (χ1) is 11.3. The summed E-state index contributed by atoms with van der Waals surface area (Å²) < 4.78 is 0. The molecule has 4 rings (SSSR count). The van der Waals surface area contributed by atoms with Gasteiger partial charge in [-0.3, -0.25) is 16.7 Å². The van der Waals surface area contributed by atoms with Gasteiger partial charge in [0.2, 0.25) is 0 Å². The molecule has 0 radical (unpaired) electrons. The number of fused-ring (bicyclic) bond motifs is 5. The predicted octanol–water partition coefficient (Wildman–Crippen LogP) is 1.44. The van der Waals surface area contributed by atoms with Crippen molar-refractivity contribution >= 4 is 11.9 Å². The number of benzene rings is 1. The number of nitrogens with one attached hydrogen (secondary N) is 3. The van der Waals surface area contributed by atoms with Crippen LogP contribution in [0.15, 0.2) is 34.9 Å². The molecule has 5 N–H and O–H groups in total. The molecule has 4 atom stereocenters. The highest BCUT2D eigenvalue weighted by atomic mass is 15.3. The van der Waals surface area contributed by atoms with E-state index in [1.807, 2.05) is 7.05 Å². The standard InChI is InChI=1S/C18H25N5/c1-20-8-11-2-4-12(5-3-11)18-17-15-7-13(6-14(15)9-21-19)16(17)10-22-23-18/h2-5,10,13-16,20-21,23H,6-9,19H2,1H3. The number of allylic oxidation sites excluding steroid dienone is 1. The normalized spacial score (nSPS) is 31.4.